The fourth-order valence-electron chi connectivity index (χ4n) is 1.16. The Bertz CT molecular complexity index is 135. The topological polar surface area (TPSA) is 58.3 Å². The van der Waals surface area contributed by atoms with Gasteiger partial charge in [-0.1, -0.05) is 13.8 Å². The molecule has 0 bridgehead atoms. The molecule has 0 aliphatic heterocycles. The summed E-state index contributed by atoms with van der Waals surface area (Å²) in [7, 11) is 0. The van der Waals surface area contributed by atoms with Crippen LogP contribution in [-0.4, -0.2) is 29.8 Å². The van der Waals surface area contributed by atoms with Gasteiger partial charge in [-0.3, -0.25) is 0 Å². The number of nitrogens with one attached hydrogen (secondary N) is 1. The van der Waals surface area contributed by atoms with Gasteiger partial charge in [0.05, 0.1) is 0 Å². The normalized spacial score (nSPS) is 20.8. The van der Waals surface area contributed by atoms with E-state index in [2.05, 4.69) is 26.1 Å². The van der Waals surface area contributed by atoms with E-state index >= 15 is 0 Å². The summed E-state index contributed by atoms with van der Waals surface area (Å²) in [5.74, 6) is 0.275. The molecule has 0 aromatic carbocycles. The maximum Gasteiger partial charge on any atom is 0.0471 e. The van der Waals surface area contributed by atoms with Crippen LogP contribution in [0.3, 0.4) is 0 Å². The third-order valence-electron chi connectivity index (χ3n) is 2.95. The Kier molecular flexibility index (Phi) is 5.53. The van der Waals surface area contributed by atoms with Gasteiger partial charge in [-0.15, -0.1) is 0 Å². The molecule has 0 saturated heterocycles. The van der Waals surface area contributed by atoms with E-state index in [0.29, 0.717) is 12.6 Å². The quantitative estimate of drug-likeness (QED) is 0.575. The Hall–Kier alpha value is -0.120. The van der Waals surface area contributed by atoms with E-state index in [1.54, 1.807) is 0 Å². The number of rotatable bonds is 6. The maximum absolute atomic E-state index is 8.98. The Morgan fingerprint density at radius 1 is 1.46 bits per heavy atom. The molecule has 3 atom stereocenters. The first-order valence-corrected chi connectivity index (χ1v) is 5.07. The van der Waals surface area contributed by atoms with Crippen LogP contribution in [-0.2, 0) is 0 Å². The zero-order valence-electron chi connectivity index (χ0n) is 9.30. The van der Waals surface area contributed by atoms with Gasteiger partial charge in [-0.25, -0.2) is 0 Å². The van der Waals surface area contributed by atoms with Crippen LogP contribution in [0.5, 0.6) is 0 Å². The highest BCUT2D eigenvalue weighted by Gasteiger charge is 2.23. The summed E-state index contributed by atoms with van der Waals surface area (Å²) in [5, 5.41) is 12.4. The first kappa shape index (κ1) is 12.9. The average Bonchev–Trinajstić information content (AvgIpc) is 2.16. The second-order valence-electron chi connectivity index (χ2n) is 4.21. The second-order valence-corrected chi connectivity index (χ2v) is 4.21. The second kappa shape index (κ2) is 5.58. The van der Waals surface area contributed by atoms with E-state index in [0.717, 1.165) is 6.42 Å². The van der Waals surface area contributed by atoms with Gasteiger partial charge < -0.3 is 16.2 Å². The summed E-state index contributed by atoms with van der Waals surface area (Å²) < 4.78 is 0. The van der Waals surface area contributed by atoms with Crippen LogP contribution in [0.1, 0.15) is 34.1 Å². The highest BCUT2D eigenvalue weighted by Crippen LogP contribution is 2.11. The van der Waals surface area contributed by atoms with Crippen LogP contribution >= 0.6 is 0 Å². The summed E-state index contributed by atoms with van der Waals surface area (Å²) in [4.78, 5) is 0. The largest absolute Gasteiger partial charge is 0.396 e. The molecule has 0 heterocycles. The van der Waals surface area contributed by atoms with Gasteiger partial charge in [0.15, 0.2) is 0 Å². The van der Waals surface area contributed by atoms with Crippen molar-refractivity contribution < 1.29 is 5.11 Å². The maximum atomic E-state index is 8.98. The van der Waals surface area contributed by atoms with Gasteiger partial charge >= 0.3 is 0 Å². The number of hydrogen-bond donors (Lipinski definition) is 3. The Morgan fingerprint density at radius 2 is 2.00 bits per heavy atom. The SMILES string of the molecule is CCC(C)(CN)NC(C)C(C)CO. The molecule has 0 amide bonds. The molecule has 0 aromatic rings. The van der Waals surface area contributed by atoms with E-state index in [1.165, 1.54) is 0 Å². The van der Waals surface area contributed by atoms with E-state index in [9.17, 15) is 0 Å². The molecule has 3 nitrogen and oxygen atoms in total. The molecule has 0 aliphatic rings. The molecule has 3 unspecified atom stereocenters. The highest BCUT2D eigenvalue weighted by molar-refractivity contribution is 4.86. The summed E-state index contributed by atoms with van der Waals surface area (Å²) in [6.45, 7) is 9.21. The lowest BCUT2D eigenvalue weighted by molar-refractivity contribution is 0.183. The average molecular weight is 188 g/mol. The molecule has 3 heteroatoms. The van der Waals surface area contributed by atoms with Crippen molar-refractivity contribution in [2.75, 3.05) is 13.2 Å². The lowest BCUT2D eigenvalue weighted by Crippen LogP contribution is -2.53. The lowest BCUT2D eigenvalue weighted by atomic mass is 9.95. The first-order valence-electron chi connectivity index (χ1n) is 5.07. The van der Waals surface area contributed by atoms with Crippen molar-refractivity contribution in [1.29, 1.82) is 0 Å². The highest BCUT2D eigenvalue weighted by atomic mass is 16.3. The molecule has 4 N–H and O–H groups in total. The van der Waals surface area contributed by atoms with Crippen molar-refractivity contribution in [3.63, 3.8) is 0 Å². The van der Waals surface area contributed by atoms with Crippen molar-refractivity contribution in [2.24, 2.45) is 11.7 Å². The van der Waals surface area contributed by atoms with E-state index in [1.807, 2.05) is 6.92 Å². The van der Waals surface area contributed by atoms with Crippen molar-refractivity contribution in [2.45, 2.75) is 45.7 Å². The molecule has 0 aromatic heterocycles. The predicted molar refractivity (Wildman–Crippen MR) is 56.6 cm³/mol. The minimum Gasteiger partial charge on any atom is -0.396 e. The molecule has 0 saturated carbocycles. The van der Waals surface area contributed by atoms with Crippen LogP contribution in [0.15, 0.2) is 0 Å². The smallest absolute Gasteiger partial charge is 0.0471 e. The van der Waals surface area contributed by atoms with Gasteiger partial charge in [-0.2, -0.15) is 0 Å². The zero-order chi connectivity index (χ0) is 10.5. The zero-order valence-corrected chi connectivity index (χ0v) is 9.30. The summed E-state index contributed by atoms with van der Waals surface area (Å²) >= 11 is 0. The summed E-state index contributed by atoms with van der Waals surface area (Å²) in [5.41, 5.74) is 5.69. The van der Waals surface area contributed by atoms with Crippen molar-refractivity contribution in [3.05, 3.63) is 0 Å². The molecular weight excluding hydrogens is 164 g/mol. The van der Waals surface area contributed by atoms with Crippen molar-refractivity contribution in [1.82, 2.24) is 5.32 Å². The van der Waals surface area contributed by atoms with Crippen LogP contribution in [0.2, 0.25) is 0 Å². The fourth-order valence-corrected chi connectivity index (χ4v) is 1.16. The number of aliphatic hydroxyl groups excluding tert-OH is 1. The van der Waals surface area contributed by atoms with E-state index in [4.69, 9.17) is 10.8 Å². The van der Waals surface area contributed by atoms with Gasteiger partial charge in [0.1, 0.15) is 0 Å². The third-order valence-corrected chi connectivity index (χ3v) is 2.95. The van der Waals surface area contributed by atoms with E-state index < -0.39 is 0 Å². The predicted octanol–water partition coefficient (Wildman–Crippen LogP) is 0.720. The van der Waals surface area contributed by atoms with Crippen LogP contribution in [0.4, 0.5) is 0 Å². The summed E-state index contributed by atoms with van der Waals surface area (Å²) in [6.07, 6.45) is 1.01. The molecular formula is C10H24N2O. The molecule has 0 aliphatic carbocycles. The number of hydrogen-bond acceptors (Lipinski definition) is 3. The third kappa shape index (κ3) is 4.07. The van der Waals surface area contributed by atoms with Crippen molar-refractivity contribution in [3.8, 4) is 0 Å². The van der Waals surface area contributed by atoms with E-state index in [-0.39, 0.29) is 18.1 Å². The van der Waals surface area contributed by atoms with Crippen LogP contribution in [0.25, 0.3) is 0 Å². The van der Waals surface area contributed by atoms with Crippen LogP contribution in [0, 0.1) is 5.92 Å². The molecule has 13 heavy (non-hydrogen) atoms. The van der Waals surface area contributed by atoms with Gasteiger partial charge in [0.2, 0.25) is 0 Å². The fraction of sp³-hybridized carbons (Fsp3) is 1.00. The molecule has 80 valence electrons. The van der Waals surface area contributed by atoms with Crippen molar-refractivity contribution >= 4 is 0 Å². The van der Waals surface area contributed by atoms with Gasteiger partial charge in [0.25, 0.3) is 0 Å². The Balaban J connectivity index is 4.08. The van der Waals surface area contributed by atoms with Gasteiger partial charge in [-0.05, 0) is 26.2 Å². The minimum atomic E-state index is 0.00282. The summed E-state index contributed by atoms with van der Waals surface area (Å²) in [6, 6.07) is 0.304. The number of aliphatic hydroxyl groups is 1. The standard InChI is InChI=1S/C10H24N2O/c1-5-10(4,7-11)12-9(3)8(2)6-13/h8-9,12-13H,5-7,11H2,1-4H3. The lowest BCUT2D eigenvalue weighted by Gasteiger charge is -2.34. The molecule has 0 spiro atoms. The minimum absolute atomic E-state index is 0.00282. The van der Waals surface area contributed by atoms with Gasteiger partial charge in [0, 0.05) is 24.7 Å². The molecule has 0 rings (SSSR count). The molecule has 0 radical (unpaired) electrons. The van der Waals surface area contributed by atoms with Crippen LogP contribution < -0.4 is 11.1 Å². The Labute approximate surface area is 81.7 Å². The number of nitrogens with two attached hydrogens (primary N) is 1. The molecule has 0 fully saturated rings. The first-order chi connectivity index (χ1) is 5.99. The monoisotopic (exact) mass is 188 g/mol. The Morgan fingerprint density at radius 3 is 2.31 bits per heavy atom.